The molecule has 1 amide bonds. The second-order valence-electron chi connectivity index (χ2n) is 2.92. The summed E-state index contributed by atoms with van der Waals surface area (Å²) < 4.78 is 0. The number of amides is 1. The standard InChI is InChI=1S/C11H11NO2/c1-8(11(12)14)7-10(13)9-5-3-2-4-6-9/h2-7H,1H3,(H2,12,14). The van der Waals surface area contributed by atoms with Gasteiger partial charge in [-0.05, 0) is 13.0 Å². The predicted molar refractivity (Wildman–Crippen MR) is 53.7 cm³/mol. The van der Waals surface area contributed by atoms with Crippen LogP contribution in [0.2, 0.25) is 0 Å². The lowest BCUT2D eigenvalue weighted by atomic mass is 10.1. The lowest BCUT2D eigenvalue weighted by Gasteiger charge is -1.96. The number of nitrogens with two attached hydrogens (primary N) is 1. The van der Waals surface area contributed by atoms with Gasteiger partial charge in [0.15, 0.2) is 5.78 Å². The Balaban J connectivity index is 2.88. The average molecular weight is 189 g/mol. The van der Waals surface area contributed by atoms with Crippen LogP contribution in [0.15, 0.2) is 42.0 Å². The van der Waals surface area contributed by atoms with Gasteiger partial charge in [-0.3, -0.25) is 9.59 Å². The number of allylic oxidation sites excluding steroid dienone is 1. The largest absolute Gasteiger partial charge is 0.366 e. The van der Waals surface area contributed by atoms with Gasteiger partial charge in [-0.2, -0.15) is 0 Å². The molecule has 72 valence electrons. The highest BCUT2D eigenvalue weighted by Gasteiger charge is 2.04. The monoisotopic (exact) mass is 189 g/mol. The van der Waals surface area contributed by atoms with Crippen molar-refractivity contribution in [3.63, 3.8) is 0 Å². The minimum Gasteiger partial charge on any atom is -0.366 e. The van der Waals surface area contributed by atoms with Crippen molar-refractivity contribution in [3.05, 3.63) is 47.5 Å². The number of primary amides is 1. The molecule has 0 fully saturated rings. The highest BCUT2D eigenvalue weighted by Crippen LogP contribution is 2.03. The predicted octanol–water partition coefficient (Wildman–Crippen LogP) is 1.30. The third-order valence-corrected chi connectivity index (χ3v) is 1.79. The molecule has 0 spiro atoms. The molecule has 0 heterocycles. The van der Waals surface area contributed by atoms with Crippen molar-refractivity contribution < 1.29 is 9.59 Å². The maximum atomic E-state index is 11.5. The SMILES string of the molecule is CC(=CC(=O)c1ccccc1)C(N)=O. The average Bonchev–Trinajstić information content (AvgIpc) is 2.19. The highest BCUT2D eigenvalue weighted by molar-refractivity contribution is 6.09. The van der Waals surface area contributed by atoms with Crippen molar-refractivity contribution in [3.8, 4) is 0 Å². The van der Waals surface area contributed by atoms with Crippen LogP contribution in [0.25, 0.3) is 0 Å². The van der Waals surface area contributed by atoms with E-state index in [-0.39, 0.29) is 11.4 Å². The van der Waals surface area contributed by atoms with Crippen molar-refractivity contribution in [2.24, 2.45) is 5.73 Å². The molecule has 0 aliphatic heterocycles. The molecule has 14 heavy (non-hydrogen) atoms. The lowest BCUT2D eigenvalue weighted by molar-refractivity contribution is -0.114. The second-order valence-corrected chi connectivity index (χ2v) is 2.92. The van der Waals surface area contributed by atoms with E-state index in [1.165, 1.54) is 13.0 Å². The number of ketones is 1. The van der Waals surface area contributed by atoms with Crippen LogP contribution in [-0.4, -0.2) is 11.7 Å². The number of carbonyl (C=O) groups excluding carboxylic acids is 2. The second kappa shape index (κ2) is 4.37. The fourth-order valence-corrected chi connectivity index (χ4v) is 0.954. The Morgan fingerprint density at radius 2 is 1.79 bits per heavy atom. The molecule has 1 rings (SSSR count). The van der Waals surface area contributed by atoms with E-state index in [1.54, 1.807) is 24.3 Å². The van der Waals surface area contributed by atoms with Gasteiger partial charge < -0.3 is 5.73 Å². The zero-order valence-electron chi connectivity index (χ0n) is 7.86. The Labute approximate surface area is 82.2 Å². The van der Waals surface area contributed by atoms with Gasteiger partial charge in [0.1, 0.15) is 0 Å². The quantitative estimate of drug-likeness (QED) is 0.575. The molecule has 0 aromatic heterocycles. The molecule has 0 unspecified atom stereocenters. The lowest BCUT2D eigenvalue weighted by Crippen LogP contribution is -2.13. The van der Waals surface area contributed by atoms with Crippen LogP contribution < -0.4 is 5.73 Å². The van der Waals surface area contributed by atoms with Gasteiger partial charge in [-0.1, -0.05) is 30.3 Å². The first-order chi connectivity index (χ1) is 6.61. The van der Waals surface area contributed by atoms with Crippen LogP contribution in [0.1, 0.15) is 17.3 Å². The van der Waals surface area contributed by atoms with Crippen molar-refractivity contribution in [1.29, 1.82) is 0 Å². The Hall–Kier alpha value is -1.90. The summed E-state index contributed by atoms with van der Waals surface area (Å²) in [5.74, 6) is -0.781. The fraction of sp³-hybridized carbons (Fsp3) is 0.0909. The third kappa shape index (κ3) is 2.55. The maximum absolute atomic E-state index is 11.5. The minimum atomic E-state index is -0.575. The van der Waals surface area contributed by atoms with Gasteiger partial charge in [0.2, 0.25) is 5.91 Å². The van der Waals surface area contributed by atoms with E-state index in [0.717, 1.165) is 0 Å². The van der Waals surface area contributed by atoms with Gasteiger partial charge >= 0.3 is 0 Å². The van der Waals surface area contributed by atoms with Crippen molar-refractivity contribution in [2.45, 2.75) is 6.92 Å². The first kappa shape index (κ1) is 10.2. The summed E-state index contributed by atoms with van der Waals surface area (Å²) in [5, 5.41) is 0. The normalized spacial score (nSPS) is 11.1. The van der Waals surface area contributed by atoms with E-state index in [1.807, 2.05) is 6.07 Å². The molecule has 3 nitrogen and oxygen atoms in total. The summed E-state index contributed by atoms with van der Waals surface area (Å²) in [6.07, 6.45) is 1.25. The molecule has 0 aliphatic rings. The van der Waals surface area contributed by atoms with Crippen LogP contribution in [0.5, 0.6) is 0 Å². The summed E-state index contributed by atoms with van der Waals surface area (Å²) in [6, 6.07) is 8.73. The van der Waals surface area contributed by atoms with E-state index in [4.69, 9.17) is 5.73 Å². The summed E-state index contributed by atoms with van der Waals surface area (Å²) in [5.41, 5.74) is 5.81. The van der Waals surface area contributed by atoms with Crippen molar-refractivity contribution in [2.75, 3.05) is 0 Å². The summed E-state index contributed by atoms with van der Waals surface area (Å²) >= 11 is 0. The van der Waals surface area contributed by atoms with Crippen LogP contribution in [0.4, 0.5) is 0 Å². The number of hydrogen-bond donors (Lipinski definition) is 1. The Bertz CT molecular complexity index is 380. The van der Waals surface area contributed by atoms with Crippen molar-refractivity contribution in [1.82, 2.24) is 0 Å². The number of benzene rings is 1. The maximum Gasteiger partial charge on any atom is 0.244 e. The fourth-order valence-electron chi connectivity index (χ4n) is 0.954. The number of hydrogen-bond acceptors (Lipinski definition) is 2. The smallest absolute Gasteiger partial charge is 0.244 e. The van der Waals surface area contributed by atoms with Gasteiger partial charge in [-0.15, -0.1) is 0 Å². The zero-order valence-corrected chi connectivity index (χ0v) is 7.86. The molecule has 0 atom stereocenters. The molecule has 0 saturated carbocycles. The van der Waals surface area contributed by atoms with Crippen LogP contribution in [0, 0.1) is 0 Å². The van der Waals surface area contributed by atoms with E-state index in [9.17, 15) is 9.59 Å². The number of rotatable bonds is 3. The zero-order chi connectivity index (χ0) is 10.6. The Kier molecular flexibility index (Phi) is 3.18. The third-order valence-electron chi connectivity index (χ3n) is 1.79. The molecular weight excluding hydrogens is 178 g/mol. The molecule has 2 N–H and O–H groups in total. The van der Waals surface area contributed by atoms with Crippen LogP contribution in [0.3, 0.4) is 0 Å². The van der Waals surface area contributed by atoms with Gasteiger partial charge in [0.25, 0.3) is 0 Å². The summed E-state index contributed by atoms with van der Waals surface area (Å²) in [6.45, 7) is 1.52. The number of carbonyl (C=O) groups is 2. The van der Waals surface area contributed by atoms with Crippen molar-refractivity contribution >= 4 is 11.7 Å². The minimum absolute atomic E-state index is 0.207. The first-order valence-electron chi connectivity index (χ1n) is 4.18. The molecule has 1 aromatic rings. The molecule has 1 aromatic carbocycles. The van der Waals surface area contributed by atoms with E-state index < -0.39 is 5.91 Å². The first-order valence-corrected chi connectivity index (χ1v) is 4.18. The molecule has 3 heteroatoms. The molecule has 0 radical (unpaired) electrons. The van der Waals surface area contributed by atoms with E-state index >= 15 is 0 Å². The summed E-state index contributed by atoms with van der Waals surface area (Å²) in [7, 11) is 0. The van der Waals surface area contributed by atoms with Gasteiger partial charge in [0.05, 0.1) is 0 Å². The Morgan fingerprint density at radius 1 is 1.21 bits per heavy atom. The van der Waals surface area contributed by atoms with Crippen LogP contribution in [-0.2, 0) is 4.79 Å². The molecule has 0 bridgehead atoms. The van der Waals surface area contributed by atoms with Gasteiger partial charge in [-0.25, -0.2) is 0 Å². The van der Waals surface area contributed by atoms with E-state index in [0.29, 0.717) is 5.56 Å². The molecule has 0 saturated heterocycles. The highest BCUT2D eigenvalue weighted by atomic mass is 16.1. The summed E-state index contributed by atoms with van der Waals surface area (Å²) in [4.78, 5) is 22.1. The molecule has 0 aliphatic carbocycles. The Morgan fingerprint density at radius 3 is 2.29 bits per heavy atom. The van der Waals surface area contributed by atoms with Gasteiger partial charge in [0, 0.05) is 11.1 Å². The molecular formula is C11H11NO2. The van der Waals surface area contributed by atoms with E-state index in [2.05, 4.69) is 0 Å². The van der Waals surface area contributed by atoms with Crippen LogP contribution >= 0.6 is 0 Å². The topological polar surface area (TPSA) is 60.2 Å².